The summed E-state index contributed by atoms with van der Waals surface area (Å²) in [6.45, 7) is 0.321. The number of rotatable bonds is 7. The largest absolute Gasteiger partial charge is 0.493 e. The summed E-state index contributed by atoms with van der Waals surface area (Å²) in [5.74, 6) is 2.09. The minimum atomic E-state index is -0.171. The summed E-state index contributed by atoms with van der Waals surface area (Å²) in [5.41, 5.74) is 2.19. The van der Waals surface area contributed by atoms with Crippen LogP contribution in [-0.4, -0.2) is 23.0 Å². The molecule has 1 aromatic heterocycles. The molecular formula is C29H27BrClN3O3. The lowest BCUT2D eigenvalue weighted by Gasteiger charge is -2.22. The van der Waals surface area contributed by atoms with E-state index in [4.69, 9.17) is 26.1 Å². The lowest BCUT2D eigenvalue weighted by Crippen LogP contribution is -2.25. The molecule has 0 atom stereocenters. The summed E-state index contributed by atoms with van der Waals surface area (Å²) in [6, 6.07) is 18.7. The number of hydrogen-bond acceptors (Lipinski definition) is 5. The van der Waals surface area contributed by atoms with Crippen molar-refractivity contribution in [3.8, 4) is 11.5 Å². The molecule has 6 nitrogen and oxygen atoms in total. The van der Waals surface area contributed by atoms with Gasteiger partial charge >= 0.3 is 0 Å². The van der Waals surface area contributed by atoms with Gasteiger partial charge in [-0.3, -0.25) is 4.79 Å². The van der Waals surface area contributed by atoms with Gasteiger partial charge in [0.15, 0.2) is 11.5 Å². The van der Waals surface area contributed by atoms with Gasteiger partial charge in [0.25, 0.3) is 5.56 Å². The van der Waals surface area contributed by atoms with Gasteiger partial charge in [0.05, 0.1) is 24.2 Å². The SMILES string of the molecule is COc1cc(C=Nn2c(C3CCCCC3)nc3ccc(Br)cc3c2=O)ccc1OCc1ccccc1Cl. The Kier molecular flexibility index (Phi) is 7.91. The minimum absolute atomic E-state index is 0.171. The van der Waals surface area contributed by atoms with E-state index < -0.39 is 0 Å². The van der Waals surface area contributed by atoms with Gasteiger partial charge in [-0.05, 0) is 60.9 Å². The molecule has 0 bridgehead atoms. The molecule has 4 aromatic rings. The molecule has 1 fully saturated rings. The Morgan fingerprint density at radius 1 is 1.08 bits per heavy atom. The first-order valence-corrected chi connectivity index (χ1v) is 13.5. The highest BCUT2D eigenvalue weighted by molar-refractivity contribution is 9.10. The zero-order chi connectivity index (χ0) is 25.8. The Labute approximate surface area is 229 Å². The Hall–Kier alpha value is -3.16. The van der Waals surface area contributed by atoms with Crippen molar-refractivity contribution < 1.29 is 9.47 Å². The van der Waals surface area contributed by atoms with E-state index >= 15 is 0 Å². The van der Waals surface area contributed by atoms with E-state index in [2.05, 4.69) is 21.0 Å². The summed E-state index contributed by atoms with van der Waals surface area (Å²) in [5, 5.41) is 5.82. The van der Waals surface area contributed by atoms with Crippen molar-refractivity contribution >= 4 is 44.6 Å². The summed E-state index contributed by atoms with van der Waals surface area (Å²) in [6.07, 6.45) is 7.17. The van der Waals surface area contributed by atoms with Crippen LogP contribution in [0.3, 0.4) is 0 Å². The highest BCUT2D eigenvalue weighted by Gasteiger charge is 2.22. The predicted molar refractivity (Wildman–Crippen MR) is 151 cm³/mol. The molecule has 0 radical (unpaired) electrons. The average molecular weight is 581 g/mol. The molecule has 3 aromatic carbocycles. The van der Waals surface area contributed by atoms with E-state index in [1.165, 1.54) is 11.1 Å². The molecule has 190 valence electrons. The second kappa shape index (κ2) is 11.5. The first-order valence-electron chi connectivity index (χ1n) is 12.3. The molecular weight excluding hydrogens is 554 g/mol. The second-order valence-corrected chi connectivity index (χ2v) is 10.4. The molecule has 1 aliphatic carbocycles. The van der Waals surface area contributed by atoms with Crippen LogP contribution >= 0.6 is 27.5 Å². The standard InChI is InChI=1S/C29H27BrClN3O3/c1-36-27-15-19(11-14-26(27)37-18-21-9-5-6-10-24(21)31)17-32-34-28(20-7-3-2-4-8-20)33-25-13-12-22(30)16-23(25)29(34)35/h5-6,9-17,20H,2-4,7-8,18H2,1H3. The van der Waals surface area contributed by atoms with E-state index in [0.717, 1.165) is 47.1 Å². The normalized spacial score (nSPS) is 14.4. The quantitative estimate of drug-likeness (QED) is 0.215. The summed E-state index contributed by atoms with van der Waals surface area (Å²) >= 11 is 9.72. The van der Waals surface area contributed by atoms with Crippen LogP contribution in [0.1, 0.15) is 55.0 Å². The lowest BCUT2D eigenvalue weighted by molar-refractivity contribution is 0.284. The van der Waals surface area contributed by atoms with Crippen LogP contribution < -0.4 is 15.0 Å². The lowest BCUT2D eigenvalue weighted by atomic mass is 9.88. The van der Waals surface area contributed by atoms with E-state index in [-0.39, 0.29) is 11.5 Å². The highest BCUT2D eigenvalue weighted by atomic mass is 79.9. The van der Waals surface area contributed by atoms with Crippen molar-refractivity contribution in [2.45, 2.75) is 44.6 Å². The Balaban J connectivity index is 1.47. The summed E-state index contributed by atoms with van der Waals surface area (Å²) in [4.78, 5) is 18.4. The van der Waals surface area contributed by atoms with E-state index in [0.29, 0.717) is 34.0 Å². The molecule has 1 heterocycles. The van der Waals surface area contributed by atoms with Crippen molar-refractivity contribution in [1.29, 1.82) is 0 Å². The van der Waals surface area contributed by atoms with Crippen LogP contribution in [0.4, 0.5) is 0 Å². The summed E-state index contributed by atoms with van der Waals surface area (Å²) < 4.78 is 13.8. The third-order valence-corrected chi connectivity index (χ3v) is 7.52. The Bertz CT molecular complexity index is 1510. The number of benzene rings is 3. The van der Waals surface area contributed by atoms with Gasteiger partial charge in [-0.25, -0.2) is 4.98 Å². The molecule has 0 amide bonds. The Morgan fingerprint density at radius 3 is 2.68 bits per heavy atom. The molecule has 0 saturated heterocycles. The maximum absolute atomic E-state index is 13.5. The van der Waals surface area contributed by atoms with Gasteiger partial charge in [-0.15, -0.1) is 0 Å². The fraction of sp³-hybridized carbons (Fsp3) is 0.276. The van der Waals surface area contributed by atoms with Crippen LogP contribution in [0.2, 0.25) is 5.02 Å². The highest BCUT2D eigenvalue weighted by Crippen LogP contribution is 2.32. The minimum Gasteiger partial charge on any atom is -0.493 e. The van der Waals surface area contributed by atoms with Crippen molar-refractivity contribution in [1.82, 2.24) is 9.66 Å². The summed E-state index contributed by atoms with van der Waals surface area (Å²) in [7, 11) is 1.59. The third kappa shape index (κ3) is 5.73. The first-order chi connectivity index (χ1) is 18.0. The van der Waals surface area contributed by atoms with Gasteiger partial charge in [-0.2, -0.15) is 9.78 Å². The van der Waals surface area contributed by atoms with Crippen LogP contribution in [0.15, 0.2) is 75.0 Å². The van der Waals surface area contributed by atoms with E-state index in [9.17, 15) is 4.79 Å². The van der Waals surface area contributed by atoms with Crippen LogP contribution in [0.5, 0.6) is 11.5 Å². The first kappa shape index (κ1) is 25.5. The van der Waals surface area contributed by atoms with Gasteiger partial charge in [0, 0.05) is 21.0 Å². The monoisotopic (exact) mass is 579 g/mol. The molecule has 8 heteroatoms. The van der Waals surface area contributed by atoms with Crippen LogP contribution in [-0.2, 0) is 6.61 Å². The number of halogens is 2. The van der Waals surface area contributed by atoms with Gasteiger partial charge in [0.1, 0.15) is 12.4 Å². The van der Waals surface area contributed by atoms with Crippen LogP contribution in [0.25, 0.3) is 10.9 Å². The van der Waals surface area contributed by atoms with Crippen molar-refractivity contribution in [2.75, 3.05) is 7.11 Å². The van der Waals surface area contributed by atoms with Crippen molar-refractivity contribution in [3.05, 3.63) is 97.5 Å². The number of fused-ring (bicyclic) bond motifs is 1. The number of methoxy groups -OCH3 is 1. The number of nitrogens with zero attached hydrogens (tertiary/aromatic N) is 3. The molecule has 0 N–H and O–H groups in total. The topological polar surface area (TPSA) is 65.7 Å². The fourth-order valence-corrected chi connectivity index (χ4v) is 5.23. The van der Waals surface area contributed by atoms with E-state index in [1.807, 2.05) is 54.6 Å². The number of aromatic nitrogens is 2. The van der Waals surface area contributed by atoms with Crippen molar-refractivity contribution in [2.24, 2.45) is 5.10 Å². The molecule has 1 aliphatic rings. The fourth-order valence-electron chi connectivity index (χ4n) is 4.68. The smallest absolute Gasteiger partial charge is 0.282 e. The van der Waals surface area contributed by atoms with Crippen molar-refractivity contribution in [3.63, 3.8) is 0 Å². The Morgan fingerprint density at radius 2 is 1.89 bits per heavy atom. The molecule has 1 saturated carbocycles. The predicted octanol–water partition coefficient (Wildman–Crippen LogP) is 7.33. The molecule has 37 heavy (non-hydrogen) atoms. The van der Waals surface area contributed by atoms with Gasteiger partial charge in [0.2, 0.25) is 0 Å². The zero-order valence-electron chi connectivity index (χ0n) is 20.5. The molecule has 5 rings (SSSR count). The average Bonchev–Trinajstić information content (AvgIpc) is 2.93. The zero-order valence-corrected chi connectivity index (χ0v) is 22.8. The molecule has 0 unspecified atom stereocenters. The van der Waals surface area contributed by atoms with Gasteiger partial charge in [-0.1, -0.05) is 65.0 Å². The second-order valence-electron chi connectivity index (χ2n) is 9.12. The molecule has 0 aliphatic heterocycles. The molecule has 0 spiro atoms. The maximum atomic E-state index is 13.5. The number of hydrogen-bond donors (Lipinski definition) is 0. The van der Waals surface area contributed by atoms with E-state index in [1.54, 1.807) is 19.4 Å². The van der Waals surface area contributed by atoms with Gasteiger partial charge < -0.3 is 9.47 Å². The number of ether oxygens (including phenoxy) is 2. The maximum Gasteiger partial charge on any atom is 0.282 e. The van der Waals surface area contributed by atoms with Crippen LogP contribution in [0, 0.1) is 0 Å². The third-order valence-electron chi connectivity index (χ3n) is 6.65.